The highest BCUT2D eigenvalue weighted by atomic mass is 35.5. The van der Waals surface area contributed by atoms with Gasteiger partial charge in [0.25, 0.3) is 0 Å². The van der Waals surface area contributed by atoms with E-state index in [2.05, 4.69) is 15.5 Å². The van der Waals surface area contributed by atoms with Gasteiger partial charge in [0.05, 0.1) is 25.3 Å². The van der Waals surface area contributed by atoms with E-state index in [4.69, 9.17) is 21.1 Å². The molecule has 6 nitrogen and oxygen atoms in total. The Bertz CT molecular complexity index is 931. The van der Waals surface area contributed by atoms with Gasteiger partial charge >= 0.3 is 0 Å². The summed E-state index contributed by atoms with van der Waals surface area (Å²) in [5.41, 5.74) is 2.48. The van der Waals surface area contributed by atoms with Crippen LogP contribution in [0.4, 0.5) is 0 Å². The first-order chi connectivity index (χ1) is 14.2. The molecule has 0 radical (unpaired) electrons. The summed E-state index contributed by atoms with van der Waals surface area (Å²) in [7, 11) is 0. The molecule has 0 aliphatic carbocycles. The highest BCUT2D eigenvalue weighted by Gasteiger charge is 2.07. The van der Waals surface area contributed by atoms with Crippen molar-refractivity contribution in [3.05, 3.63) is 71.2 Å². The van der Waals surface area contributed by atoms with Crippen molar-refractivity contribution in [3.8, 4) is 22.9 Å². The lowest BCUT2D eigenvalue weighted by Crippen LogP contribution is -2.29. The van der Waals surface area contributed by atoms with Gasteiger partial charge in [0.15, 0.2) is 0 Å². The molecule has 1 heterocycles. The lowest BCUT2D eigenvalue weighted by atomic mass is 10.1. The predicted molar refractivity (Wildman–Crippen MR) is 112 cm³/mol. The molecular formula is C22H22ClN3O3. The zero-order chi connectivity index (χ0) is 20.5. The second-order valence-corrected chi connectivity index (χ2v) is 6.59. The van der Waals surface area contributed by atoms with Gasteiger partial charge in [0, 0.05) is 16.7 Å². The van der Waals surface area contributed by atoms with Gasteiger partial charge < -0.3 is 14.8 Å². The van der Waals surface area contributed by atoms with E-state index in [9.17, 15) is 4.79 Å². The van der Waals surface area contributed by atoms with Crippen LogP contribution < -0.4 is 14.8 Å². The fourth-order valence-corrected chi connectivity index (χ4v) is 2.87. The SMILES string of the molecule is CCOc1ccc(-c2ccc(OCCNC(=O)Cc3ccccc3Cl)nn2)cc1. The highest BCUT2D eigenvalue weighted by molar-refractivity contribution is 6.31. The standard InChI is InChI=1S/C22H22ClN3O3/c1-2-28-18-9-7-16(8-10-18)20-11-12-22(26-25-20)29-14-13-24-21(27)15-17-5-3-4-6-19(17)23/h3-12H,2,13-15H2,1H3,(H,24,27). The minimum absolute atomic E-state index is 0.112. The van der Waals surface area contributed by atoms with Crippen LogP contribution in [0.1, 0.15) is 12.5 Å². The molecule has 0 fully saturated rings. The van der Waals surface area contributed by atoms with Crippen LogP contribution in [0.15, 0.2) is 60.7 Å². The lowest BCUT2D eigenvalue weighted by molar-refractivity contribution is -0.120. The van der Waals surface area contributed by atoms with Crippen molar-refractivity contribution in [1.82, 2.24) is 15.5 Å². The summed E-state index contributed by atoms with van der Waals surface area (Å²) in [5, 5.41) is 11.6. The van der Waals surface area contributed by atoms with E-state index in [0.29, 0.717) is 30.7 Å². The van der Waals surface area contributed by atoms with Crippen LogP contribution >= 0.6 is 11.6 Å². The average molecular weight is 412 g/mol. The Hall–Kier alpha value is -3.12. The molecule has 2 aromatic carbocycles. The molecule has 3 rings (SSSR count). The molecule has 29 heavy (non-hydrogen) atoms. The summed E-state index contributed by atoms with van der Waals surface area (Å²) >= 11 is 6.06. The first-order valence-electron chi connectivity index (χ1n) is 9.35. The molecule has 1 N–H and O–H groups in total. The van der Waals surface area contributed by atoms with E-state index in [-0.39, 0.29) is 12.3 Å². The van der Waals surface area contributed by atoms with Gasteiger partial charge in [0.1, 0.15) is 12.4 Å². The molecule has 150 valence electrons. The van der Waals surface area contributed by atoms with E-state index >= 15 is 0 Å². The third-order valence-corrected chi connectivity index (χ3v) is 4.45. The molecule has 1 aromatic heterocycles. The number of hydrogen-bond acceptors (Lipinski definition) is 5. The topological polar surface area (TPSA) is 73.3 Å². The predicted octanol–water partition coefficient (Wildman–Crippen LogP) is 3.93. The van der Waals surface area contributed by atoms with Crippen molar-refractivity contribution in [1.29, 1.82) is 0 Å². The Labute approximate surface area is 174 Å². The van der Waals surface area contributed by atoms with Crippen LogP contribution in [-0.4, -0.2) is 35.9 Å². The summed E-state index contributed by atoms with van der Waals surface area (Å²) in [6.45, 7) is 3.24. The molecule has 0 saturated heterocycles. The Kier molecular flexibility index (Phi) is 7.41. The van der Waals surface area contributed by atoms with Crippen molar-refractivity contribution in [2.24, 2.45) is 0 Å². The van der Waals surface area contributed by atoms with E-state index in [1.54, 1.807) is 12.1 Å². The number of nitrogens with one attached hydrogen (secondary N) is 1. The van der Waals surface area contributed by atoms with Crippen molar-refractivity contribution in [2.75, 3.05) is 19.8 Å². The largest absolute Gasteiger partial charge is 0.494 e. The smallest absolute Gasteiger partial charge is 0.233 e. The molecule has 0 aliphatic rings. The van der Waals surface area contributed by atoms with Gasteiger partial charge in [-0.05, 0) is 48.9 Å². The number of carbonyl (C=O) groups is 1. The van der Waals surface area contributed by atoms with Gasteiger partial charge in [0.2, 0.25) is 11.8 Å². The van der Waals surface area contributed by atoms with Crippen molar-refractivity contribution < 1.29 is 14.3 Å². The number of amides is 1. The Morgan fingerprint density at radius 1 is 1.00 bits per heavy atom. The van der Waals surface area contributed by atoms with Crippen LogP contribution in [0.5, 0.6) is 11.6 Å². The summed E-state index contributed by atoms with van der Waals surface area (Å²) in [6.07, 6.45) is 0.232. The van der Waals surface area contributed by atoms with Crippen LogP contribution in [-0.2, 0) is 11.2 Å². The number of halogens is 1. The summed E-state index contributed by atoms with van der Waals surface area (Å²) < 4.78 is 11.0. The number of rotatable bonds is 9. The molecular weight excluding hydrogens is 390 g/mol. The van der Waals surface area contributed by atoms with Crippen LogP contribution in [0, 0.1) is 0 Å². The number of ether oxygens (including phenoxy) is 2. The zero-order valence-electron chi connectivity index (χ0n) is 16.1. The maximum Gasteiger partial charge on any atom is 0.233 e. The number of benzene rings is 2. The molecule has 0 aliphatic heterocycles. The first kappa shape index (κ1) is 20.6. The number of hydrogen-bond donors (Lipinski definition) is 1. The molecule has 0 spiro atoms. The normalized spacial score (nSPS) is 10.4. The van der Waals surface area contributed by atoms with Crippen molar-refractivity contribution >= 4 is 17.5 Å². The van der Waals surface area contributed by atoms with Gasteiger partial charge in [-0.1, -0.05) is 29.8 Å². The molecule has 0 bridgehead atoms. The van der Waals surface area contributed by atoms with E-state index < -0.39 is 0 Å². The lowest BCUT2D eigenvalue weighted by Gasteiger charge is -2.08. The van der Waals surface area contributed by atoms with Gasteiger partial charge in [-0.2, -0.15) is 0 Å². The fraction of sp³-hybridized carbons (Fsp3) is 0.227. The van der Waals surface area contributed by atoms with Gasteiger partial charge in [-0.15, -0.1) is 10.2 Å². The third-order valence-electron chi connectivity index (χ3n) is 4.08. The third kappa shape index (κ3) is 6.19. The zero-order valence-corrected chi connectivity index (χ0v) is 16.9. The maximum absolute atomic E-state index is 12.0. The molecule has 0 unspecified atom stereocenters. The van der Waals surface area contributed by atoms with E-state index in [1.165, 1.54) is 0 Å². The number of aromatic nitrogens is 2. The Balaban J connectivity index is 1.43. The monoisotopic (exact) mass is 411 g/mol. The molecule has 7 heteroatoms. The first-order valence-corrected chi connectivity index (χ1v) is 9.73. The second kappa shape index (κ2) is 10.4. The fourth-order valence-electron chi connectivity index (χ4n) is 2.66. The quantitative estimate of drug-likeness (QED) is 0.540. The van der Waals surface area contributed by atoms with Crippen molar-refractivity contribution in [2.45, 2.75) is 13.3 Å². The Morgan fingerprint density at radius 2 is 1.79 bits per heavy atom. The van der Waals surface area contributed by atoms with E-state index in [1.807, 2.05) is 55.5 Å². The minimum atomic E-state index is -0.112. The molecule has 3 aromatic rings. The Morgan fingerprint density at radius 3 is 2.48 bits per heavy atom. The highest BCUT2D eigenvalue weighted by Crippen LogP contribution is 2.21. The number of carbonyl (C=O) groups excluding carboxylic acids is 1. The maximum atomic E-state index is 12.0. The average Bonchev–Trinajstić information content (AvgIpc) is 2.74. The van der Waals surface area contributed by atoms with Crippen molar-refractivity contribution in [3.63, 3.8) is 0 Å². The number of nitrogens with zero attached hydrogens (tertiary/aromatic N) is 2. The van der Waals surface area contributed by atoms with Crippen LogP contribution in [0.3, 0.4) is 0 Å². The van der Waals surface area contributed by atoms with Gasteiger partial charge in [-0.3, -0.25) is 4.79 Å². The van der Waals surface area contributed by atoms with Crippen LogP contribution in [0.25, 0.3) is 11.3 Å². The second-order valence-electron chi connectivity index (χ2n) is 6.18. The molecule has 0 atom stereocenters. The molecule has 1 amide bonds. The van der Waals surface area contributed by atoms with E-state index in [0.717, 1.165) is 22.6 Å². The summed E-state index contributed by atoms with van der Waals surface area (Å²) in [6, 6.07) is 18.6. The minimum Gasteiger partial charge on any atom is -0.494 e. The van der Waals surface area contributed by atoms with Crippen LogP contribution in [0.2, 0.25) is 5.02 Å². The summed E-state index contributed by atoms with van der Waals surface area (Å²) in [5.74, 6) is 1.11. The summed E-state index contributed by atoms with van der Waals surface area (Å²) in [4.78, 5) is 12.0. The van der Waals surface area contributed by atoms with Gasteiger partial charge in [-0.25, -0.2) is 0 Å². The molecule has 0 saturated carbocycles.